The molecule has 638 valence electrons. The first kappa shape index (κ1) is 84.9. The summed E-state index contributed by atoms with van der Waals surface area (Å²) in [5, 5.41) is 90.5. The molecule has 0 spiro atoms. The molecule has 6 fully saturated rings. The number of aromatic nitrogens is 16. The summed E-state index contributed by atoms with van der Waals surface area (Å²) in [7, 11) is 1.53. The smallest absolute Gasteiger partial charge is 0.272 e. The van der Waals surface area contributed by atoms with Gasteiger partial charge in [0.05, 0.1) is 56.7 Å². The van der Waals surface area contributed by atoms with E-state index in [0.717, 1.165) is 166 Å². The van der Waals surface area contributed by atoms with Crippen LogP contribution in [-0.2, 0) is 6.42 Å². The fourth-order valence-electron chi connectivity index (χ4n) is 12.1. The van der Waals surface area contributed by atoms with Gasteiger partial charge in [-0.2, -0.15) is 35.7 Å². The number of ether oxygens (including phenoxy) is 1. The van der Waals surface area contributed by atoms with E-state index in [9.17, 15) is 39.0 Å². The van der Waals surface area contributed by atoms with Crippen molar-refractivity contribution >= 4 is 69.5 Å². The van der Waals surface area contributed by atoms with Gasteiger partial charge in [-0.05, 0) is 212 Å². The van der Waals surface area contributed by atoms with E-state index in [1.165, 1.54) is 42.2 Å². The average Bonchev–Trinajstić information content (AvgIpc) is 1.77. The summed E-state index contributed by atoms with van der Waals surface area (Å²) in [6.45, 7) is 6.08. The SMILES string of the molecule is CCCCc1ccc(-c2cc(C(=O)NC3CC3)n[nH]2)s1.COc1ccc(-c2cc(C(=O)NC3CC3)[nH]n2)c(O)c1.Cc1ccc(-c2cc(C(=O)NC3CC3)n[nH]2)o1.Cc1ccc(O)c(-c2cc(-c3ccccc3)n[nH]2)c1.O=C(NC1CC1)c1cc(-c2ccc[nH]2)n[nH]1.O=C(NC1CC1)c1cc(-c2cccs2)[nH]n1.O=C(NC1CC1)c1cc(-c2nccs2)[nH]n1. The standard InChI is InChI=1S/C16H14N2O.C15H19N3OS.C14H15N3O3.C12H13N3O2.C11H12N4O.C11H11N3OS.C10H10N4OS/c1-11-7-8-16(19)13(9-11)15-10-14(17-18-15)12-5-3-2-4-6-12;1-2-3-4-11-7-8-14(20-11)12-9-13(18-17-12)15(19)16-10-5-6-10;1-20-9-4-5-10(13(18)6-9)11-7-12(17-16-11)14(19)15-8-2-3-8;1-7-2-5-11(17-7)9-6-10(15-14-9)12(16)13-8-3-4-8;16-11(13-7-3-4-7)10-6-9(14-15-10)8-2-1-5-12-8;15-11(12-7-3-4-7)9-6-8(13-14-9)10-2-1-5-16-10;15-9(12-6-1-2-6)7-5-8(14-13-7)10-11-3-4-16-10/h2-10,19H,1H3,(H,17,18);7-10H,2-6H2,1H3,(H,16,19)(H,17,18);4-8,18H,2-3H2,1H3,(H,15,19)(H,16,17);2,5-6,8H,3-4H2,1H3,(H,13,16)(H,14,15);1-2,5-7,12H,3-4H2,(H,13,16)(H,14,15);1-2,5-7H,3-4H2,(H,12,15)(H,13,14);3-6H,1-2H2,(H,12,15)(H,13,14). The number of thiophene rings is 2. The van der Waals surface area contributed by atoms with E-state index in [2.05, 4.69) is 132 Å². The first-order valence-corrected chi connectivity index (χ1v) is 43.6. The minimum Gasteiger partial charge on any atom is -0.507 e. The monoisotopic (exact) mass is 1730 g/mol. The van der Waals surface area contributed by atoms with Crippen molar-refractivity contribution in [2.45, 2.75) is 153 Å². The van der Waals surface area contributed by atoms with Gasteiger partial charge in [-0.15, -0.1) is 34.0 Å². The largest absolute Gasteiger partial charge is 0.507 e. The molecule has 16 N–H and O–H groups in total. The predicted molar refractivity (Wildman–Crippen MR) is 473 cm³/mol. The number of aromatic hydroxyl groups is 2. The highest BCUT2D eigenvalue weighted by molar-refractivity contribution is 7.15. The zero-order valence-corrected chi connectivity index (χ0v) is 70.8. The number of H-pyrrole nitrogens is 8. The first-order chi connectivity index (χ1) is 60.4. The van der Waals surface area contributed by atoms with Crippen molar-refractivity contribution in [3.05, 3.63) is 231 Å². The molecule has 0 bridgehead atoms. The van der Waals surface area contributed by atoms with Crippen LogP contribution in [0.4, 0.5) is 0 Å². The van der Waals surface area contributed by atoms with E-state index in [-0.39, 0.29) is 46.9 Å². The van der Waals surface area contributed by atoms with E-state index >= 15 is 0 Å². The maximum Gasteiger partial charge on any atom is 0.272 e. The van der Waals surface area contributed by atoms with Gasteiger partial charge in [-0.3, -0.25) is 64.5 Å². The number of unbranched alkanes of at least 4 members (excludes halogenated alkanes) is 1. The van der Waals surface area contributed by atoms with Gasteiger partial charge in [0.1, 0.15) is 50.8 Å². The Hall–Kier alpha value is -14.1. The number of aromatic amines is 8. The van der Waals surface area contributed by atoms with E-state index in [1.807, 2.05) is 122 Å². The van der Waals surface area contributed by atoms with Gasteiger partial charge in [0.25, 0.3) is 35.4 Å². The van der Waals surface area contributed by atoms with Crippen molar-refractivity contribution in [2.75, 3.05) is 7.11 Å². The first-order valence-electron chi connectivity index (χ1n) is 41.1. The Labute approximate surface area is 723 Å². The maximum absolute atomic E-state index is 11.9. The fraction of sp³-hybridized carbons (Fsp3) is 0.281. The van der Waals surface area contributed by atoms with Crippen LogP contribution in [0.1, 0.15) is 176 Å². The van der Waals surface area contributed by atoms with Crippen LogP contribution in [0.2, 0.25) is 0 Å². The maximum atomic E-state index is 11.9. The number of phenols is 2. The van der Waals surface area contributed by atoms with Crippen molar-refractivity contribution < 1.29 is 48.1 Å². The molecule has 3 aromatic carbocycles. The average molecular weight is 1730 g/mol. The van der Waals surface area contributed by atoms with Crippen LogP contribution < -0.4 is 36.6 Å². The second-order valence-electron chi connectivity index (χ2n) is 30.6. The summed E-state index contributed by atoms with van der Waals surface area (Å²) < 4.78 is 10.5. The van der Waals surface area contributed by atoms with Gasteiger partial charge in [0, 0.05) is 87.7 Å². The van der Waals surface area contributed by atoms with E-state index in [0.29, 0.717) is 93.2 Å². The number of nitrogens with zero attached hydrogens (tertiary/aromatic N) is 8. The molecule has 12 aromatic heterocycles. The highest BCUT2D eigenvalue weighted by Gasteiger charge is 2.31. The number of rotatable bonds is 24. The molecule has 21 rings (SSSR count). The molecule has 15 aromatic rings. The van der Waals surface area contributed by atoms with Crippen LogP contribution in [0.3, 0.4) is 0 Å². The summed E-state index contributed by atoms with van der Waals surface area (Å²) in [5.41, 5.74) is 13.4. The summed E-state index contributed by atoms with van der Waals surface area (Å²) in [6, 6.07) is 50.7. The summed E-state index contributed by atoms with van der Waals surface area (Å²) in [5.74, 6) is 1.78. The molecule has 32 nitrogen and oxygen atoms in total. The molecule has 35 heteroatoms. The lowest BCUT2D eigenvalue weighted by molar-refractivity contribution is 0.0937. The van der Waals surface area contributed by atoms with Gasteiger partial charge >= 0.3 is 0 Å². The number of amides is 6. The zero-order chi connectivity index (χ0) is 86.0. The Kier molecular flexibility index (Phi) is 27.5. The number of furan rings is 1. The van der Waals surface area contributed by atoms with Gasteiger partial charge < -0.3 is 56.3 Å². The third kappa shape index (κ3) is 24.2. The molecular weight excluding hydrogens is 1630 g/mol. The van der Waals surface area contributed by atoms with Gasteiger partial charge in [-0.1, -0.05) is 61.4 Å². The van der Waals surface area contributed by atoms with Crippen molar-refractivity contribution in [1.82, 2.24) is 113 Å². The third-order valence-electron chi connectivity index (χ3n) is 20.0. The molecule has 0 aliphatic heterocycles. The number of benzene rings is 3. The Morgan fingerprint density at radius 2 is 0.976 bits per heavy atom. The molecule has 0 saturated heterocycles. The topological polar surface area (TPSA) is 467 Å². The summed E-state index contributed by atoms with van der Waals surface area (Å²) >= 11 is 4.91. The molecule has 6 aliphatic carbocycles. The number of carbonyl (C=O) groups is 6. The third-order valence-corrected chi connectivity index (χ3v) is 22.9. The molecule has 12 heterocycles. The number of methoxy groups -OCH3 is 1. The van der Waals surface area contributed by atoms with Crippen LogP contribution >= 0.6 is 34.0 Å². The highest BCUT2D eigenvalue weighted by atomic mass is 32.1. The number of hydrogen-bond acceptors (Lipinski definition) is 21. The zero-order valence-electron chi connectivity index (χ0n) is 68.4. The Morgan fingerprint density at radius 1 is 0.444 bits per heavy atom. The van der Waals surface area contributed by atoms with E-state index < -0.39 is 0 Å². The Bertz CT molecular complexity index is 5820. The number of phenolic OH excluding ortho intramolecular Hbond substituents is 2. The number of aryl methyl sites for hydroxylation is 3. The van der Waals surface area contributed by atoms with Crippen molar-refractivity contribution in [3.63, 3.8) is 0 Å². The lowest BCUT2D eigenvalue weighted by atomic mass is 10.1. The molecule has 0 unspecified atom stereocenters. The van der Waals surface area contributed by atoms with Crippen molar-refractivity contribution in [2.24, 2.45) is 0 Å². The van der Waals surface area contributed by atoms with E-state index in [1.54, 1.807) is 77.4 Å². The molecular formula is C89H94N22O10S3. The van der Waals surface area contributed by atoms with Gasteiger partial charge in [-0.25, -0.2) is 4.98 Å². The van der Waals surface area contributed by atoms with Crippen LogP contribution in [0.5, 0.6) is 17.2 Å². The van der Waals surface area contributed by atoms with Gasteiger partial charge in [0.2, 0.25) is 0 Å². The summed E-state index contributed by atoms with van der Waals surface area (Å²) in [4.78, 5) is 81.3. The lowest BCUT2D eigenvalue weighted by Crippen LogP contribution is -2.25. The summed E-state index contributed by atoms with van der Waals surface area (Å²) in [6.07, 6.45) is 20.0. The van der Waals surface area contributed by atoms with Crippen molar-refractivity contribution in [1.29, 1.82) is 0 Å². The molecule has 0 atom stereocenters. The number of thiazole rings is 1. The Balaban J connectivity index is 0.000000112. The quantitative estimate of drug-likeness (QED) is 0.0267. The second kappa shape index (κ2) is 40.1. The Morgan fingerprint density at radius 3 is 1.49 bits per heavy atom. The highest BCUT2D eigenvalue weighted by Crippen LogP contribution is 2.36. The minimum absolute atomic E-state index is 0.0602. The van der Waals surface area contributed by atoms with Crippen LogP contribution in [0, 0.1) is 13.8 Å². The lowest BCUT2D eigenvalue weighted by Gasteiger charge is -2.04. The number of carbonyl (C=O) groups excluding carboxylic acids is 6. The van der Waals surface area contributed by atoms with E-state index in [4.69, 9.17) is 9.15 Å². The number of nitrogens with one attached hydrogen (secondary N) is 14. The predicted octanol–water partition coefficient (Wildman–Crippen LogP) is 15.4. The van der Waals surface area contributed by atoms with Crippen molar-refractivity contribution in [3.8, 4) is 106 Å². The molecule has 6 saturated carbocycles. The van der Waals surface area contributed by atoms with Crippen LogP contribution in [-0.4, -0.2) is 170 Å². The fourth-order valence-corrected chi connectivity index (χ4v) is 14.4. The molecule has 0 radical (unpaired) electrons. The molecule has 124 heavy (non-hydrogen) atoms. The molecule has 6 amide bonds. The minimum atomic E-state index is -0.167. The normalized spacial score (nSPS) is 14.1. The van der Waals surface area contributed by atoms with Crippen LogP contribution in [0.25, 0.3) is 88.5 Å². The molecule has 6 aliphatic rings. The second-order valence-corrected chi connectivity index (χ2v) is 33.6. The number of hydrogen-bond donors (Lipinski definition) is 16. The van der Waals surface area contributed by atoms with Gasteiger partial charge in [0.15, 0.2) is 28.5 Å². The van der Waals surface area contributed by atoms with Crippen LogP contribution in [0.15, 0.2) is 185 Å².